The summed E-state index contributed by atoms with van der Waals surface area (Å²) in [5.74, 6) is 1.09. The third-order valence-electron chi connectivity index (χ3n) is 4.52. The molecule has 0 spiro atoms. The Morgan fingerprint density at radius 1 is 1.29 bits per heavy atom. The third kappa shape index (κ3) is 3.78. The minimum absolute atomic E-state index is 0.203. The molecule has 1 N–H and O–H groups in total. The van der Waals surface area contributed by atoms with Crippen LogP contribution < -0.4 is 10.1 Å². The number of para-hydroxylation sites is 1. The Hall–Kier alpha value is -1.06. The summed E-state index contributed by atoms with van der Waals surface area (Å²) >= 11 is 0. The summed E-state index contributed by atoms with van der Waals surface area (Å²) in [6, 6.07) is 9.12. The van der Waals surface area contributed by atoms with Gasteiger partial charge in [-0.2, -0.15) is 0 Å². The van der Waals surface area contributed by atoms with E-state index < -0.39 is 0 Å². The van der Waals surface area contributed by atoms with Crippen molar-refractivity contribution < 1.29 is 4.74 Å². The first kappa shape index (κ1) is 14.9. The zero-order valence-corrected chi connectivity index (χ0v) is 13.6. The molecule has 2 unspecified atom stereocenters. The maximum absolute atomic E-state index is 6.10. The lowest BCUT2D eigenvalue weighted by Gasteiger charge is -2.30. The molecule has 0 aromatic heterocycles. The largest absolute Gasteiger partial charge is 0.488 e. The van der Waals surface area contributed by atoms with E-state index in [2.05, 4.69) is 55.3 Å². The van der Waals surface area contributed by atoms with Gasteiger partial charge in [-0.1, -0.05) is 18.2 Å². The molecule has 1 fully saturated rings. The number of nitrogens with one attached hydrogen (secondary N) is 1. The number of benzene rings is 1. The summed E-state index contributed by atoms with van der Waals surface area (Å²) in [7, 11) is 0. The van der Waals surface area contributed by atoms with Crippen molar-refractivity contribution in [2.24, 2.45) is 0 Å². The van der Waals surface area contributed by atoms with Crippen molar-refractivity contribution in [2.45, 2.75) is 57.7 Å². The first-order valence-electron chi connectivity index (χ1n) is 8.25. The van der Waals surface area contributed by atoms with E-state index in [1.54, 1.807) is 0 Å². The maximum atomic E-state index is 6.10. The van der Waals surface area contributed by atoms with Crippen molar-refractivity contribution in [3.8, 4) is 5.75 Å². The zero-order chi connectivity index (χ0) is 14.9. The van der Waals surface area contributed by atoms with Gasteiger partial charge in [-0.25, -0.2) is 0 Å². The molecule has 3 rings (SSSR count). The Labute approximate surface area is 128 Å². The predicted octanol–water partition coefficient (Wildman–Crippen LogP) is 2.84. The van der Waals surface area contributed by atoms with Gasteiger partial charge in [0.1, 0.15) is 11.9 Å². The number of rotatable bonds is 4. The van der Waals surface area contributed by atoms with E-state index in [1.807, 2.05) is 0 Å². The van der Waals surface area contributed by atoms with Gasteiger partial charge < -0.3 is 10.1 Å². The molecule has 1 aromatic carbocycles. The van der Waals surface area contributed by atoms with Crippen LogP contribution in [0.3, 0.4) is 0 Å². The predicted molar refractivity (Wildman–Crippen MR) is 86.9 cm³/mol. The van der Waals surface area contributed by atoms with Gasteiger partial charge in [-0.05, 0) is 51.8 Å². The van der Waals surface area contributed by atoms with E-state index in [1.165, 1.54) is 24.9 Å². The summed E-state index contributed by atoms with van der Waals surface area (Å²) in [4.78, 5) is 2.62. The van der Waals surface area contributed by atoms with Gasteiger partial charge in [0, 0.05) is 31.1 Å². The molecule has 2 aliphatic rings. The van der Waals surface area contributed by atoms with Gasteiger partial charge in [-0.15, -0.1) is 0 Å². The molecular weight excluding hydrogens is 260 g/mol. The van der Waals surface area contributed by atoms with Crippen LogP contribution in [0.15, 0.2) is 24.3 Å². The van der Waals surface area contributed by atoms with E-state index in [4.69, 9.17) is 4.74 Å². The van der Waals surface area contributed by atoms with E-state index in [-0.39, 0.29) is 5.54 Å². The molecule has 3 heteroatoms. The SMILES string of the molecule is CC(C)(C)NCC1CCCN1CC1Cc2ccccc2O1. The second-order valence-electron chi connectivity index (χ2n) is 7.47. The monoisotopic (exact) mass is 288 g/mol. The van der Waals surface area contributed by atoms with E-state index in [9.17, 15) is 0 Å². The fourth-order valence-electron chi connectivity index (χ4n) is 3.41. The highest BCUT2D eigenvalue weighted by Gasteiger charge is 2.30. The second kappa shape index (κ2) is 5.98. The molecule has 0 amide bonds. The fourth-order valence-corrected chi connectivity index (χ4v) is 3.41. The molecule has 2 heterocycles. The minimum atomic E-state index is 0.203. The smallest absolute Gasteiger partial charge is 0.123 e. The van der Waals surface area contributed by atoms with Gasteiger partial charge >= 0.3 is 0 Å². The lowest BCUT2D eigenvalue weighted by atomic mass is 10.1. The van der Waals surface area contributed by atoms with Crippen molar-refractivity contribution in [1.29, 1.82) is 0 Å². The highest BCUT2D eigenvalue weighted by atomic mass is 16.5. The van der Waals surface area contributed by atoms with Crippen molar-refractivity contribution >= 4 is 0 Å². The van der Waals surface area contributed by atoms with Crippen LogP contribution in [-0.2, 0) is 6.42 Å². The minimum Gasteiger partial charge on any atom is -0.488 e. The van der Waals surface area contributed by atoms with Crippen LogP contribution >= 0.6 is 0 Å². The van der Waals surface area contributed by atoms with Gasteiger partial charge in [0.2, 0.25) is 0 Å². The molecule has 0 radical (unpaired) electrons. The van der Waals surface area contributed by atoms with Crippen molar-refractivity contribution in [2.75, 3.05) is 19.6 Å². The molecule has 116 valence electrons. The molecule has 21 heavy (non-hydrogen) atoms. The Balaban J connectivity index is 1.53. The molecule has 0 saturated carbocycles. The lowest BCUT2D eigenvalue weighted by molar-refractivity contribution is 0.137. The molecule has 0 aliphatic carbocycles. The molecule has 1 saturated heterocycles. The summed E-state index contributed by atoms with van der Waals surface area (Å²) in [6.07, 6.45) is 4.02. The first-order valence-corrected chi connectivity index (χ1v) is 8.25. The Kier molecular flexibility index (Phi) is 4.23. The summed E-state index contributed by atoms with van der Waals surface area (Å²) < 4.78 is 6.10. The zero-order valence-electron chi connectivity index (χ0n) is 13.6. The van der Waals surface area contributed by atoms with Crippen molar-refractivity contribution in [1.82, 2.24) is 10.2 Å². The summed E-state index contributed by atoms with van der Waals surface area (Å²) in [5.41, 5.74) is 1.57. The molecule has 0 bridgehead atoms. The highest BCUT2D eigenvalue weighted by Crippen LogP contribution is 2.29. The summed E-state index contributed by atoms with van der Waals surface area (Å²) in [6.45, 7) is 10.1. The number of ether oxygens (including phenoxy) is 1. The van der Waals surface area contributed by atoms with Crippen molar-refractivity contribution in [3.05, 3.63) is 29.8 Å². The van der Waals surface area contributed by atoms with E-state index >= 15 is 0 Å². The fraction of sp³-hybridized carbons (Fsp3) is 0.667. The van der Waals surface area contributed by atoms with Gasteiger partial charge in [-0.3, -0.25) is 4.90 Å². The number of likely N-dealkylation sites (tertiary alicyclic amines) is 1. The number of hydrogen-bond donors (Lipinski definition) is 1. The molecular formula is C18H28N2O. The van der Waals surface area contributed by atoms with Crippen LogP contribution in [-0.4, -0.2) is 42.2 Å². The highest BCUT2D eigenvalue weighted by molar-refractivity contribution is 5.37. The normalized spacial score (nSPS) is 25.9. The number of fused-ring (bicyclic) bond motifs is 1. The average Bonchev–Trinajstić information content (AvgIpc) is 3.01. The molecule has 2 atom stereocenters. The van der Waals surface area contributed by atoms with Crippen LogP contribution in [0.5, 0.6) is 5.75 Å². The van der Waals surface area contributed by atoms with E-state index in [0.717, 1.165) is 25.3 Å². The Bertz CT molecular complexity index is 455. The average molecular weight is 288 g/mol. The van der Waals surface area contributed by atoms with Crippen LogP contribution in [0.25, 0.3) is 0 Å². The Morgan fingerprint density at radius 2 is 2.10 bits per heavy atom. The van der Waals surface area contributed by atoms with Gasteiger partial charge in [0.05, 0.1) is 0 Å². The number of nitrogens with zero attached hydrogens (tertiary/aromatic N) is 1. The second-order valence-corrected chi connectivity index (χ2v) is 7.47. The number of hydrogen-bond acceptors (Lipinski definition) is 3. The van der Waals surface area contributed by atoms with Gasteiger partial charge in [0.15, 0.2) is 0 Å². The first-order chi connectivity index (χ1) is 10.0. The Morgan fingerprint density at radius 3 is 2.86 bits per heavy atom. The maximum Gasteiger partial charge on any atom is 0.123 e. The van der Waals surface area contributed by atoms with E-state index in [0.29, 0.717) is 12.1 Å². The lowest BCUT2D eigenvalue weighted by Crippen LogP contribution is -2.47. The standard InChI is InChI=1S/C18H28N2O/c1-18(2,3)19-12-15-8-6-10-20(15)13-16-11-14-7-4-5-9-17(14)21-16/h4-5,7,9,15-16,19H,6,8,10-13H2,1-3H3. The summed E-state index contributed by atoms with van der Waals surface area (Å²) in [5, 5.41) is 3.65. The molecule has 1 aromatic rings. The van der Waals surface area contributed by atoms with Crippen LogP contribution in [0.4, 0.5) is 0 Å². The van der Waals surface area contributed by atoms with Gasteiger partial charge in [0.25, 0.3) is 0 Å². The third-order valence-corrected chi connectivity index (χ3v) is 4.52. The molecule has 3 nitrogen and oxygen atoms in total. The van der Waals surface area contributed by atoms with Crippen LogP contribution in [0, 0.1) is 0 Å². The van der Waals surface area contributed by atoms with Crippen LogP contribution in [0.2, 0.25) is 0 Å². The van der Waals surface area contributed by atoms with Crippen molar-refractivity contribution in [3.63, 3.8) is 0 Å². The van der Waals surface area contributed by atoms with Crippen LogP contribution in [0.1, 0.15) is 39.2 Å². The topological polar surface area (TPSA) is 24.5 Å². The molecule has 2 aliphatic heterocycles. The quantitative estimate of drug-likeness (QED) is 0.922.